The van der Waals surface area contributed by atoms with Crippen molar-refractivity contribution in [3.8, 4) is 0 Å². The number of hydrogen-bond acceptors (Lipinski definition) is 5. The van der Waals surface area contributed by atoms with Crippen LogP contribution in [0.25, 0.3) is 0 Å². The molecule has 7 nitrogen and oxygen atoms in total. The highest BCUT2D eigenvalue weighted by atomic mass is 16.5. The van der Waals surface area contributed by atoms with Gasteiger partial charge in [-0.15, -0.1) is 5.10 Å². The summed E-state index contributed by atoms with van der Waals surface area (Å²) in [7, 11) is 3.59. The first-order valence-corrected chi connectivity index (χ1v) is 9.10. The van der Waals surface area contributed by atoms with Crippen molar-refractivity contribution < 1.29 is 9.53 Å². The Morgan fingerprint density at radius 2 is 2.08 bits per heavy atom. The fourth-order valence-corrected chi connectivity index (χ4v) is 4.04. The van der Waals surface area contributed by atoms with Gasteiger partial charge >= 0.3 is 0 Å². The first-order chi connectivity index (χ1) is 12.6. The Kier molecular flexibility index (Phi) is 4.74. The third-order valence-corrected chi connectivity index (χ3v) is 5.49. The minimum Gasteiger partial charge on any atom is -0.379 e. The summed E-state index contributed by atoms with van der Waals surface area (Å²) in [5.41, 5.74) is 3.56. The first-order valence-electron chi connectivity index (χ1n) is 9.10. The van der Waals surface area contributed by atoms with Gasteiger partial charge in [-0.05, 0) is 17.5 Å². The Labute approximate surface area is 153 Å². The summed E-state index contributed by atoms with van der Waals surface area (Å²) in [6, 6.07) is 8.39. The SMILES string of the molecule is CO[C@@H]1CN(CC(=O)N2CCc3ccccc3C2)C[C@H]1c1cn(C)nn1. The summed E-state index contributed by atoms with van der Waals surface area (Å²) < 4.78 is 7.36. The second-order valence-electron chi connectivity index (χ2n) is 7.23. The summed E-state index contributed by atoms with van der Waals surface area (Å²) in [5.74, 6) is 0.345. The average molecular weight is 355 g/mol. The lowest BCUT2D eigenvalue weighted by atomic mass is 10.00. The Hall–Kier alpha value is -2.25. The lowest BCUT2D eigenvalue weighted by Crippen LogP contribution is -2.42. The zero-order valence-corrected chi connectivity index (χ0v) is 15.3. The molecule has 26 heavy (non-hydrogen) atoms. The number of likely N-dealkylation sites (tertiary alicyclic amines) is 1. The molecule has 2 aromatic rings. The highest BCUT2D eigenvalue weighted by Crippen LogP contribution is 2.28. The maximum Gasteiger partial charge on any atom is 0.237 e. The molecule has 0 N–H and O–H groups in total. The summed E-state index contributed by atoms with van der Waals surface area (Å²) >= 11 is 0. The Balaban J connectivity index is 1.39. The molecule has 2 aliphatic heterocycles. The van der Waals surface area contributed by atoms with Crippen LogP contribution in [0.5, 0.6) is 0 Å². The zero-order valence-electron chi connectivity index (χ0n) is 15.3. The number of carbonyl (C=O) groups excluding carboxylic acids is 1. The molecular formula is C19H25N5O2. The van der Waals surface area contributed by atoms with Gasteiger partial charge in [-0.25, -0.2) is 0 Å². The number of methoxy groups -OCH3 is 1. The quantitative estimate of drug-likeness (QED) is 0.812. The number of aryl methyl sites for hydroxylation is 1. The van der Waals surface area contributed by atoms with Gasteiger partial charge in [-0.1, -0.05) is 29.5 Å². The fraction of sp³-hybridized carbons (Fsp3) is 0.526. The Morgan fingerprint density at radius 1 is 1.27 bits per heavy atom. The largest absolute Gasteiger partial charge is 0.379 e. The maximum atomic E-state index is 12.8. The number of fused-ring (bicyclic) bond motifs is 1. The van der Waals surface area contributed by atoms with Crippen LogP contribution in [0.1, 0.15) is 22.7 Å². The summed E-state index contributed by atoms with van der Waals surface area (Å²) in [6.45, 7) is 3.45. The molecule has 2 aliphatic rings. The third kappa shape index (κ3) is 3.37. The molecule has 1 aromatic heterocycles. The van der Waals surface area contributed by atoms with Crippen LogP contribution in [0.3, 0.4) is 0 Å². The number of carbonyl (C=O) groups is 1. The zero-order chi connectivity index (χ0) is 18.1. The van der Waals surface area contributed by atoms with Crippen molar-refractivity contribution in [3.05, 3.63) is 47.3 Å². The van der Waals surface area contributed by atoms with Gasteiger partial charge in [-0.3, -0.25) is 14.4 Å². The summed E-state index contributed by atoms with van der Waals surface area (Å²) in [5, 5.41) is 8.26. The molecule has 1 amide bonds. The van der Waals surface area contributed by atoms with Gasteiger partial charge in [0.15, 0.2) is 0 Å². The topological polar surface area (TPSA) is 63.5 Å². The van der Waals surface area contributed by atoms with Crippen LogP contribution in [0.4, 0.5) is 0 Å². The highest BCUT2D eigenvalue weighted by molar-refractivity contribution is 5.78. The highest BCUT2D eigenvalue weighted by Gasteiger charge is 2.37. The normalized spacial score (nSPS) is 23.2. The van der Waals surface area contributed by atoms with Crippen LogP contribution in [-0.4, -0.2) is 70.1 Å². The number of amides is 1. The minimum atomic E-state index is 0.0431. The van der Waals surface area contributed by atoms with Crippen molar-refractivity contribution in [3.63, 3.8) is 0 Å². The van der Waals surface area contributed by atoms with E-state index in [0.717, 1.165) is 31.7 Å². The average Bonchev–Trinajstić information content (AvgIpc) is 3.27. The lowest BCUT2D eigenvalue weighted by molar-refractivity contribution is -0.133. The van der Waals surface area contributed by atoms with Gasteiger partial charge < -0.3 is 9.64 Å². The number of nitrogens with zero attached hydrogens (tertiary/aromatic N) is 5. The molecule has 0 unspecified atom stereocenters. The number of rotatable bonds is 4. The maximum absolute atomic E-state index is 12.8. The molecule has 2 atom stereocenters. The molecule has 1 fully saturated rings. The first kappa shape index (κ1) is 17.2. The molecule has 1 aromatic carbocycles. The van der Waals surface area contributed by atoms with Crippen LogP contribution in [-0.2, 0) is 29.5 Å². The summed E-state index contributed by atoms with van der Waals surface area (Å²) in [4.78, 5) is 17.0. The molecule has 7 heteroatoms. The van der Waals surface area contributed by atoms with E-state index in [-0.39, 0.29) is 17.9 Å². The van der Waals surface area contributed by atoms with E-state index in [4.69, 9.17) is 4.74 Å². The minimum absolute atomic E-state index is 0.0431. The van der Waals surface area contributed by atoms with Crippen molar-refractivity contribution in [1.29, 1.82) is 0 Å². The van der Waals surface area contributed by atoms with Crippen LogP contribution in [0, 0.1) is 0 Å². The number of benzene rings is 1. The van der Waals surface area contributed by atoms with Gasteiger partial charge in [0.25, 0.3) is 0 Å². The van der Waals surface area contributed by atoms with Crippen LogP contribution < -0.4 is 0 Å². The fourth-order valence-electron chi connectivity index (χ4n) is 4.04. The monoisotopic (exact) mass is 355 g/mol. The van der Waals surface area contributed by atoms with Gasteiger partial charge in [0.05, 0.1) is 18.3 Å². The van der Waals surface area contributed by atoms with Crippen LogP contribution in [0.2, 0.25) is 0 Å². The summed E-state index contributed by atoms with van der Waals surface area (Å²) in [6.07, 6.45) is 2.91. The van der Waals surface area contributed by atoms with Crippen LogP contribution in [0.15, 0.2) is 30.5 Å². The van der Waals surface area contributed by atoms with Gasteiger partial charge in [-0.2, -0.15) is 0 Å². The molecule has 138 valence electrons. The predicted octanol–water partition coefficient (Wildman–Crippen LogP) is 0.814. The standard InChI is InChI=1S/C19H25N5O2/c1-22-11-17(20-21-22)16-10-23(12-18(16)26-2)13-19(25)24-8-7-14-5-3-4-6-15(14)9-24/h3-6,11,16,18H,7-10,12-13H2,1-2H3/t16-,18+/m0/s1. The molecule has 0 aliphatic carbocycles. The van der Waals surface area contributed by atoms with E-state index < -0.39 is 0 Å². The number of ether oxygens (including phenoxy) is 1. The van der Waals surface area contributed by atoms with Crippen molar-refractivity contribution in [2.45, 2.75) is 25.0 Å². The lowest BCUT2D eigenvalue weighted by Gasteiger charge is -2.30. The molecule has 4 rings (SSSR count). The van der Waals surface area contributed by atoms with E-state index in [9.17, 15) is 4.79 Å². The van der Waals surface area contributed by atoms with Gasteiger partial charge in [0, 0.05) is 52.5 Å². The molecule has 0 radical (unpaired) electrons. The smallest absolute Gasteiger partial charge is 0.237 e. The Bertz CT molecular complexity index is 790. The number of hydrogen-bond donors (Lipinski definition) is 0. The van der Waals surface area contributed by atoms with Crippen molar-refractivity contribution in [1.82, 2.24) is 24.8 Å². The Morgan fingerprint density at radius 3 is 2.81 bits per heavy atom. The van der Waals surface area contributed by atoms with E-state index in [2.05, 4.69) is 33.4 Å². The number of aromatic nitrogens is 3. The second kappa shape index (κ2) is 7.17. The van der Waals surface area contributed by atoms with Crippen LogP contribution >= 0.6 is 0 Å². The van der Waals surface area contributed by atoms with Crippen molar-refractivity contribution >= 4 is 5.91 Å². The predicted molar refractivity (Wildman–Crippen MR) is 96.5 cm³/mol. The van der Waals surface area contributed by atoms with Crippen molar-refractivity contribution in [2.24, 2.45) is 7.05 Å². The van der Waals surface area contributed by atoms with E-state index in [1.807, 2.05) is 24.2 Å². The van der Waals surface area contributed by atoms with E-state index in [0.29, 0.717) is 13.1 Å². The molecule has 0 spiro atoms. The van der Waals surface area contributed by atoms with E-state index in [1.54, 1.807) is 11.8 Å². The van der Waals surface area contributed by atoms with E-state index in [1.165, 1.54) is 11.1 Å². The molecular weight excluding hydrogens is 330 g/mol. The molecule has 3 heterocycles. The molecule has 0 saturated carbocycles. The molecule has 1 saturated heterocycles. The second-order valence-corrected chi connectivity index (χ2v) is 7.23. The van der Waals surface area contributed by atoms with E-state index >= 15 is 0 Å². The van der Waals surface area contributed by atoms with Crippen molar-refractivity contribution in [2.75, 3.05) is 33.3 Å². The third-order valence-electron chi connectivity index (χ3n) is 5.49. The van der Waals surface area contributed by atoms with Gasteiger partial charge in [0.2, 0.25) is 5.91 Å². The molecule has 0 bridgehead atoms. The van der Waals surface area contributed by atoms with Gasteiger partial charge in [0.1, 0.15) is 0 Å².